The van der Waals surface area contributed by atoms with E-state index in [2.05, 4.69) is 14.8 Å². The standard InChI is InChI=1S/C14H16F2N2O5S/c1-18(10-4-5-24(20,21)8-10)7-13(19)17-9-2-3-11-12(6-9)23-14(15,16)22-11/h2-3,6,10H,4-5,7-8H2,1H3,(H,17,19). The van der Waals surface area contributed by atoms with Crippen molar-refractivity contribution in [1.29, 1.82) is 0 Å². The zero-order chi connectivity index (χ0) is 17.5. The number of ether oxygens (including phenoxy) is 2. The maximum absolute atomic E-state index is 13.0. The summed E-state index contributed by atoms with van der Waals surface area (Å²) in [6.07, 6.45) is -3.22. The fourth-order valence-electron chi connectivity index (χ4n) is 2.71. The lowest BCUT2D eigenvalue weighted by atomic mass is 10.2. The molecule has 3 rings (SSSR count). The van der Waals surface area contributed by atoms with Crippen LogP contribution < -0.4 is 14.8 Å². The van der Waals surface area contributed by atoms with Gasteiger partial charge in [0.05, 0.1) is 18.1 Å². The number of sulfone groups is 1. The monoisotopic (exact) mass is 362 g/mol. The first-order valence-corrected chi connectivity index (χ1v) is 9.06. The molecule has 1 fully saturated rings. The van der Waals surface area contributed by atoms with Crippen LogP contribution in [-0.2, 0) is 14.6 Å². The van der Waals surface area contributed by atoms with Crippen molar-refractivity contribution in [2.75, 3.05) is 30.4 Å². The van der Waals surface area contributed by atoms with E-state index in [-0.39, 0.29) is 47.2 Å². The summed E-state index contributed by atoms with van der Waals surface area (Å²) in [4.78, 5) is 13.7. The summed E-state index contributed by atoms with van der Waals surface area (Å²) in [5.74, 6) is -0.484. The molecule has 2 heterocycles. The number of fused-ring (bicyclic) bond motifs is 1. The van der Waals surface area contributed by atoms with Gasteiger partial charge in [-0.3, -0.25) is 9.69 Å². The maximum atomic E-state index is 13.0. The van der Waals surface area contributed by atoms with E-state index in [4.69, 9.17) is 0 Å². The molecule has 1 aromatic rings. The number of hydrogen-bond donors (Lipinski definition) is 1. The van der Waals surface area contributed by atoms with Crippen LogP contribution in [0, 0.1) is 0 Å². The number of hydrogen-bond acceptors (Lipinski definition) is 6. The number of amides is 1. The first kappa shape index (κ1) is 16.9. The Balaban J connectivity index is 1.58. The van der Waals surface area contributed by atoms with Gasteiger partial charge in [0.25, 0.3) is 0 Å². The van der Waals surface area contributed by atoms with Crippen molar-refractivity contribution >= 4 is 21.4 Å². The van der Waals surface area contributed by atoms with Gasteiger partial charge in [-0.15, -0.1) is 8.78 Å². The number of nitrogens with zero attached hydrogens (tertiary/aromatic N) is 1. The van der Waals surface area contributed by atoms with Crippen molar-refractivity contribution in [3.05, 3.63) is 18.2 Å². The molecule has 7 nitrogen and oxygen atoms in total. The minimum Gasteiger partial charge on any atom is -0.395 e. The number of anilines is 1. The highest BCUT2D eigenvalue weighted by molar-refractivity contribution is 7.91. The fraction of sp³-hybridized carbons (Fsp3) is 0.500. The zero-order valence-corrected chi connectivity index (χ0v) is 13.6. The Hall–Kier alpha value is -1.94. The summed E-state index contributed by atoms with van der Waals surface area (Å²) in [6.45, 7) is -0.00914. The van der Waals surface area contributed by atoms with Gasteiger partial charge in [0.1, 0.15) is 0 Å². The number of benzene rings is 1. The maximum Gasteiger partial charge on any atom is 0.586 e. The normalized spacial score (nSPS) is 23.4. The predicted octanol–water partition coefficient (Wildman–Crippen LogP) is 1.07. The van der Waals surface area contributed by atoms with E-state index in [1.807, 2.05) is 0 Å². The topological polar surface area (TPSA) is 84.9 Å². The Morgan fingerprint density at radius 3 is 2.75 bits per heavy atom. The summed E-state index contributed by atoms with van der Waals surface area (Å²) in [5.41, 5.74) is 0.285. The lowest BCUT2D eigenvalue weighted by Crippen LogP contribution is -2.38. The average molecular weight is 362 g/mol. The van der Waals surface area contributed by atoms with Crippen LogP contribution in [0.4, 0.5) is 14.5 Å². The first-order chi connectivity index (χ1) is 11.1. The summed E-state index contributed by atoms with van der Waals surface area (Å²) in [6, 6.07) is 3.74. The van der Waals surface area contributed by atoms with Gasteiger partial charge in [0.2, 0.25) is 5.91 Å². The SMILES string of the molecule is CN(CC(=O)Nc1ccc2c(c1)OC(F)(F)O2)C1CCS(=O)(=O)C1. The Kier molecular flexibility index (Phi) is 4.12. The molecule has 132 valence electrons. The van der Waals surface area contributed by atoms with Gasteiger partial charge in [-0.1, -0.05) is 0 Å². The molecule has 0 bridgehead atoms. The van der Waals surface area contributed by atoms with Crippen LogP contribution in [0.2, 0.25) is 0 Å². The minimum absolute atomic E-state index is 0.00914. The van der Waals surface area contributed by atoms with Gasteiger partial charge in [-0.05, 0) is 25.6 Å². The number of alkyl halides is 2. The molecule has 1 aromatic carbocycles. The number of nitrogens with one attached hydrogen (secondary N) is 1. The second kappa shape index (κ2) is 5.85. The van der Waals surface area contributed by atoms with E-state index in [1.165, 1.54) is 18.2 Å². The third kappa shape index (κ3) is 3.75. The number of halogens is 2. The van der Waals surface area contributed by atoms with Gasteiger partial charge >= 0.3 is 6.29 Å². The Bertz CT molecular complexity index is 768. The largest absolute Gasteiger partial charge is 0.586 e. The lowest BCUT2D eigenvalue weighted by molar-refractivity contribution is -0.286. The van der Waals surface area contributed by atoms with E-state index < -0.39 is 16.1 Å². The quantitative estimate of drug-likeness (QED) is 0.862. The Morgan fingerprint density at radius 2 is 2.08 bits per heavy atom. The summed E-state index contributed by atoms with van der Waals surface area (Å²) >= 11 is 0. The molecule has 2 aliphatic rings. The van der Waals surface area contributed by atoms with E-state index in [9.17, 15) is 22.0 Å². The Labute approximate surface area is 137 Å². The lowest BCUT2D eigenvalue weighted by Gasteiger charge is -2.22. The van der Waals surface area contributed by atoms with Gasteiger partial charge in [-0.25, -0.2) is 8.42 Å². The molecule has 10 heteroatoms. The molecule has 2 aliphatic heterocycles. The van der Waals surface area contributed by atoms with Crippen molar-refractivity contribution in [1.82, 2.24) is 4.90 Å². The molecule has 1 unspecified atom stereocenters. The van der Waals surface area contributed by atoms with E-state index in [0.717, 1.165) is 0 Å². The summed E-state index contributed by atoms with van der Waals surface area (Å²) in [7, 11) is -1.36. The second-order valence-electron chi connectivity index (χ2n) is 5.85. The minimum atomic E-state index is -3.71. The third-order valence-corrected chi connectivity index (χ3v) is 5.66. The van der Waals surface area contributed by atoms with E-state index in [0.29, 0.717) is 6.42 Å². The molecule has 1 atom stereocenters. The van der Waals surface area contributed by atoms with Gasteiger partial charge in [0, 0.05) is 17.8 Å². The molecule has 0 spiro atoms. The average Bonchev–Trinajstić information content (AvgIpc) is 2.95. The second-order valence-corrected chi connectivity index (χ2v) is 8.08. The summed E-state index contributed by atoms with van der Waals surface area (Å²) < 4.78 is 57.4. The van der Waals surface area contributed by atoms with Crippen LogP contribution >= 0.6 is 0 Å². The van der Waals surface area contributed by atoms with Crippen molar-refractivity contribution in [3.8, 4) is 11.5 Å². The molecule has 0 radical (unpaired) electrons. The molecule has 0 saturated carbocycles. The van der Waals surface area contributed by atoms with Gasteiger partial charge in [0.15, 0.2) is 21.3 Å². The van der Waals surface area contributed by atoms with Crippen molar-refractivity contribution in [2.45, 2.75) is 18.8 Å². The molecular weight excluding hydrogens is 346 g/mol. The predicted molar refractivity (Wildman–Crippen MR) is 81.0 cm³/mol. The third-order valence-electron chi connectivity index (χ3n) is 3.91. The van der Waals surface area contributed by atoms with Crippen LogP contribution in [-0.4, -0.2) is 56.7 Å². The number of likely N-dealkylation sites (N-methyl/N-ethyl adjacent to an activating group) is 1. The molecule has 0 aromatic heterocycles. The smallest absolute Gasteiger partial charge is 0.395 e. The fourth-order valence-corrected chi connectivity index (χ4v) is 4.51. The van der Waals surface area contributed by atoms with Crippen molar-refractivity contribution in [3.63, 3.8) is 0 Å². The molecule has 1 saturated heterocycles. The molecule has 1 amide bonds. The number of carbonyl (C=O) groups excluding carboxylic acids is 1. The van der Waals surface area contributed by atoms with Crippen LogP contribution in [0.5, 0.6) is 11.5 Å². The van der Waals surface area contributed by atoms with Crippen LogP contribution in [0.15, 0.2) is 18.2 Å². The van der Waals surface area contributed by atoms with Crippen LogP contribution in [0.3, 0.4) is 0 Å². The highest BCUT2D eigenvalue weighted by Gasteiger charge is 2.43. The van der Waals surface area contributed by atoms with E-state index >= 15 is 0 Å². The highest BCUT2D eigenvalue weighted by atomic mass is 32.2. The number of rotatable bonds is 4. The van der Waals surface area contributed by atoms with Crippen LogP contribution in [0.25, 0.3) is 0 Å². The first-order valence-electron chi connectivity index (χ1n) is 7.24. The number of carbonyl (C=O) groups is 1. The highest BCUT2D eigenvalue weighted by Crippen LogP contribution is 2.42. The molecule has 24 heavy (non-hydrogen) atoms. The van der Waals surface area contributed by atoms with Crippen LogP contribution in [0.1, 0.15) is 6.42 Å². The molecule has 1 N–H and O–H groups in total. The molecule has 0 aliphatic carbocycles. The summed E-state index contributed by atoms with van der Waals surface area (Å²) in [5, 5.41) is 2.56. The zero-order valence-electron chi connectivity index (χ0n) is 12.8. The van der Waals surface area contributed by atoms with E-state index in [1.54, 1.807) is 11.9 Å². The van der Waals surface area contributed by atoms with Gasteiger partial charge in [-0.2, -0.15) is 0 Å². The van der Waals surface area contributed by atoms with Crippen molar-refractivity contribution in [2.24, 2.45) is 0 Å². The molecular formula is C14H16F2N2O5S. The van der Waals surface area contributed by atoms with Crippen molar-refractivity contribution < 1.29 is 31.5 Å². The Morgan fingerprint density at radius 1 is 1.38 bits per heavy atom. The van der Waals surface area contributed by atoms with Gasteiger partial charge < -0.3 is 14.8 Å².